The molecule has 0 spiro atoms. The molecular formula is C19H29N7O2. The number of aromatic nitrogens is 3. The lowest BCUT2D eigenvalue weighted by molar-refractivity contribution is -0.126. The van der Waals surface area contributed by atoms with E-state index in [1.807, 2.05) is 12.1 Å². The van der Waals surface area contributed by atoms with Crippen molar-refractivity contribution in [3.05, 3.63) is 18.3 Å². The van der Waals surface area contributed by atoms with E-state index in [0.29, 0.717) is 43.2 Å². The van der Waals surface area contributed by atoms with Gasteiger partial charge in [-0.3, -0.25) is 9.78 Å². The minimum absolute atomic E-state index is 0.0607. The highest BCUT2D eigenvalue weighted by Gasteiger charge is 2.28. The smallest absolute Gasteiger partial charge is 0.239 e. The quantitative estimate of drug-likeness (QED) is 0.530. The first-order chi connectivity index (χ1) is 13.5. The van der Waals surface area contributed by atoms with Gasteiger partial charge in [-0.1, -0.05) is 19.8 Å². The summed E-state index contributed by atoms with van der Waals surface area (Å²) in [6, 6.07) is 3.35. The Kier molecular flexibility index (Phi) is 6.58. The van der Waals surface area contributed by atoms with Gasteiger partial charge in [0.05, 0.1) is 24.3 Å². The molecule has 1 aliphatic rings. The number of morpholine rings is 1. The molecule has 9 nitrogen and oxygen atoms in total. The maximum Gasteiger partial charge on any atom is 0.239 e. The summed E-state index contributed by atoms with van der Waals surface area (Å²) < 4.78 is 5.38. The van der Waals surface area contributed by atoms with Crippen LogP contribution in [0.2, 0.25) is 0 Å². The van der Waals surface area contributed by atoms with Crippen LogP contribution in [0.3, 0.4) is 0 Å². The Balaban J connectivity index is 1.76. The van der Waals surface area contributed by atoms with Crippen molar-refractivity contribution in [2.24, 2.45) is 0 Å². The lowest BCUT2D eigenvalue weighted by atomic mass is 9.94. The highest BCUT2D eigenvalue weighted by Crippen LogP contribution is 2.25. The number of rotatable bonds is 8. The Labute approximate surface area is 164 Å². The summed E-state index contributed by atoms with van der Waals surface area (Å²) in [5, 5.41) is 9.69. The maximum atomic E-state index is 12.5. The number of nitrogen functional groups attached to an aromatic ring is 1. The number of nitrogens with one attached hydrogen (secondary N) is 3. The fourth-order valence-corrected chi connectivity index (χ4v) is 3.26. The van der Waals surface area contributed by atoms with Crippen LogP contribution < -0.4 is 21.7 Å². The van der Waals surface area contributed by atoms with Gasteiger partial charge in [-0.25, -0.2) is 4.98 Å². The number of nitrogens with two attached hydrogens (primary N) is 1. The monoisotopic (exact) mass is 387 g/mol. The number of carbonyl (C=O) groups excluding carboxylic acids is 1. The molecule has 1 saturated heterocycles. The molecular weight excluding hydrogens is 358 g/mol. The molecule has 3 heterocycles. The van der Waals surface area contributed by atoms with Crippen molar-refractivity contribution in [2.75, 3.05) is 37.4 Å². The number of amides is 1. The molecule has 3 rings (SSSR count). The third-order valence-corrected chi connectivity index (χ3v) is 4.87. The summed E-state index contributed by atoms with van der Waals surface area (Å²) in [4.78, 5) is 25.5. The molecule has 2 atom stereocenters. The Morgan fingerprint density at radius 3 is 3.07 bits per heavy atom. The van der Waals surface area contributed by atoms with Crippen LogP contribution in [-0.2, 0) is 9.53 Å². The Hall–Kier alpha value is -2.52. The lowest BCUT2D eigenvalue weighted by Gasteiger charge is -2.33. The number of nitrogens with zero attached hydrogens (tertiary/aromatic N) is 3. The zero-order valence-corrected chi connectivity index (χ0v) is 16.5. The lowest BCUT2D eigenvalue weighted by Crippen LogP contribution is -2.55. The number of unbranched alkanes of at least 4 members (excludes halogenated alkanes) is 1. The third-order valence-electron chi connectivity index (χ3n) is 4.87. The molecule has 0 saturated carbocycles. The van der Waals surface area contributed by atoms with E-state index in [0.717, 1.165) is 19.3 Å². The number of anilines is 2. The van der Waals surface area contributed by atoms with Crippen molar-refractivity contribution in [2.45, 2.75) is 44.7 Å². The normalized spacial score (nSPS) is 19.1. The Morgan fingerprint density at radius 1 is 1.46 bits per heavy atom. The zero-order valence-electron chi connectivity index (χ0n) is 16.5. The number of hydrogen-bond donors (Lipinski definition) is 4. The fraction of sp³-hybridized carbons (Fsp3) is 0.579. The van der Waals surface area contributed by atoms with Crippen LogP contribution in [0.4, 0.5) is 11.8 Å². The molecule has 152 valence electrons. The van der Waals surface area contributed by atoms with E-state index in [-0.39, 0.29) is 17.9 Å². The standard InChI is InChI=1S/C19H29N7O2/c1-3-4-7-19(2,12-23-17(27)14-11-28-10-9-21-14)26-16-15-13(6-5-8-22-15)24-18(20)25-16/h5-6,8,14,21H,3-4,7,9-12H2,1-2H3,(H,23,27)(H3,20,24,25,26)/t14-,19+/m0/s1. The highest BCUT2D eigenvalue weighted by molar-refractivity contribution is 5.86. The summed E-state index contributed by atoms with van der Waals surface area (Å²) in [6.07, 6.45) is 4.62. The predicted octanol–water partition coefficient (Wildman–Crippen LogP) is 1.07. The Bertz CT molecular complexity index is 810. The van der Waals surface area contributed by atoms with E-state index in [4.69, 9.17) is 10.5 Å². The molecule has 0 unspecified atom stereocenters. The van der Waals surface area contributed by atoms with Crippen LogP contribution in [0.1, 0.15) is 33.1 Å². The largest absolute Gasteiger partial charge is 0.378 e. The number of pyridine rings is 1. The van der Waals surface area contributed by atoms with Gasteiger partial charge in [0.1, 0.15) is 11.6 Å². The van der Waals surface area contributed by atoms with Gasteiger partial charge >= 0.3 is 0 Å². The van der Waals surface area contributed by atoms with E-state index in [9.17, 15) is 4.79 Å². The van der Waals surface area contributed by atoms with Crippen molar-refractivity contribution in [3.8, 4) is 0 Å². The molecule has 1 amide bonds. The molecule has 0 aromatic carbocycles. The molecule has 2 aromatic rings. The van der Waals surface area contributed by atoms with Gasteiger partial charge in [0.2, 0.25) is 11.9 Å². The van der Waals surface area contributed by atoms with Gasteiger partial charge < -0.3 is 26.4 Å². The number of carbonyl (C=O) groups is 1. The van der Waals surface area contributed by atoms with Gasteiger partial charge in [0.15, 0.2) is 5.82 Å². The minimum atomic E-state index is -0.410. The molecule has 0 bridgehead atoms. The SMILES string of the molecule is CCCC[C@](C)(CNC(=O)[C@@H]1COCCN1)Nc1nc(N)nc2cccnc12. The molecule has 5 N–H and O–H groups in total. The van der Waals surface area contributed by atoms with Crippen LogP contribution in [0.15, 0.2) is 18.3 Å². The van der Waals surface area contributed by atoms with Gasteiger partial charge in [-0.15, -0.1) is 0 Å². The van der Waals surface area contributed by atoms with Gasteiger partial charge in [0, 0.05) is 19.3 Å². The first-order valence-corrected chi connectivity index (χ1v) is 9.76. The molecule has 1 aliphatic heterocycles. The predicted molar refractivity (Wildman–Crippen MR) is 109 cm³/mol. The summed E-state index contributed by atoms with van der Waals surface area (Å²) in [6.45, 7) is 6.36. The van der Waals surface area contributed by atoms with Crippen molar-refractivity contribution in [3.63, 3.8) is 0 Å². The molecule has 28 heavy (non-hydrogen) atoms. The molecule has 0 radical (unpaired) electrons. The van der Waals surface area contributed by atoms with E-state index >= 15 is 0 Å². The van der Waals surface area contributed by atoms with Gasteiger partial charge in [-0.2, -0.15) is 4.98 Å². The molecule has 0 aliphatic carbocycles. The van der Waals surface area contributed by atoms with Crippen molar-refractivity contribution < 1.29 is 9.53 Å². The Morgan fingerprint density at radius 2 is 2.32 bits per heavy atom. The third kappa shape index (κ3) is 5.05. The fourth-order valence-electron chi connectivity index (χ4n) is 3.26. The molecule has 2 aromatic heterocycles. The van der Waals surface area contributed by atoms with Crippen LogP contribution in [0.25, 0.3) is 11.0 Å². The average molecular weight is 387 g/mol. The van der Waals surface area contributed by atoms with E-state index in [1.165, 1.54) is 0 Å². The number of hydrogen-bond acceptors (Lipinski definition) is 8. The van der Waals surface area contributed by atoms with E-state index in [1.54, 1.807) is 6.20 Å². The second-order valence-electron chi connectivity index (χ2n) is 7.39. The van der Waals surface area contributed by atoms with Crippen LogP contribution in [0, 0.1) is 0 Å². The zero-order chi connectivity index (χ0) is 20.0. The summed E-state index contributed by atoms with van der Waals surface area (Å²) in [7, 11) is 0. The number of ether oxygens (including phenoxy) is 1. The summed E-state index contributed by atoms with van der Waals surface area (Å²) in [5.74, 6) is 0.706. The van der Waals surface area contributed by atoms with Crippen molar-refractivity contribution >= 4 is 28.7 Å². The first-order valence-electron chi connectivity index (χ1n) is 9.76. The molecule has 1 fully saturated rings. The second-order valence-corrected chi connectivity index (χ2v) is 7.39. The van der Waals surface area contributed by atoms with Gasteiger partial charge in [-0.05, 0) is 25.5 Å². The maximum absolute atomic E-state index is 12.5. The first kappa shape index (κ1) is 20.2. The molecule has 9 heteroatoms. The average Bonchev–Trinajstić information content (AvgIpc) is 2.71. The van der Waals surface area contributed by atoms with Crippen LogP contribution in [-0.4, -0.2) is 58.7 Å². The summed E-state index contributed by atoms with van der Waals surface area (Å²) >= 11 is 0. The summed E-state index contributed by atoms with van der Waals surface area (Å²) in [5.41, 5.74) is 6.81. The van der Waals surface area contributed by atoms with Crippen LogP contribution >= 0.6 is 0 Å². The minimum Gasteiger partial charge on any atom is -0.378 e. The van der Waals surface area contributed by atoms with E-state index < -0.39 is 5.54 Å². The van der Waals surface area contributed by atoms with Crippen molar-refractivity contribution in [1.29, 1.82) is 0 Å². The topological polar surface area (TPSA) is 127 Å². The van der Waals surface area contributed by atoms with Gasteiger partial charge in [0.25, 0.3) is 0 Å². The second kappa shape index (κ2) is 9.11. The highest BCUT2D eigenvalue weighted by atomic mass is 16.5. The van der Waals surface area contributed by atoms with E-state index in [2.05, 4.69) is 44.7 Å². The number of fused-ring (bicyclic) bond motifs is 1. The van der Waals surface area contributed by atoms with Crippen LogP contribution in [0.5, 0.6) is 0 Å². The van der Waals surface area contributed by atoms with Crippen molar-refractivity contribution in [1.82, 2.24) is 25.6 Å².